The van der Waals surface area contributed by atoms with Gasteiger partial charge in [-0.05, 0) is 31.2 Å². The molecule has 2 aromatic rings. The average Bonchev–Trinajstić information content (AvgIpc) is 3.02. The number of carbonyl (C=O) groups is 1. The number of nitro groups is 1. The summed E-state index contributed by atoms with van der Waals surface area (Å²) >= 11 is 0. The van der Waals surface area contributed by atoms with Gasteiger partial charge in [-0.25, -0.2) is 0 Å². The molecule has 0 spiro atoms. The van der Waals surface area contributed by atoms with E-state index in [0.29, 0.717) is 22.8 Å². The zero-order chi connectivity index (χ0) is 17.7. The zero-order valence-electron chi connectivity index (χ0n) is 13.4. The number of furan rings is 1. The fourth-order valence-corrected chi connectivity index (χ4v) is 2.18. The molecule has 0 bridgehead atoms. The molecule has 0 fully saturated rings. The van der Waals surface area contributed by atoms with Crippen LogP contribution in [0.4, 0.5) is 5.69 Å². The Kier molecular flexibility index (Phi) is 5.54. The number of nitrogens with two attached hydrogens (primary N) is 1. The molecule has 8 nitrogen and oxygen atoms in total. The van der Waals surface area contributed by atoms with E-state index in [9.17, 15) is 14.9 Å². The topological polar surface area (TPSA) is 118 Å². The van der Waals surface area contributed by atoms with Gasteiger partial charge in [0.2, 0.25) is 0 Å². The molecule has 1 heterocycles. The number of nitro benzene ring substituents is 1. The summed E-state index contributed by atoms with van der Waals surface area (Å²) in [6.07, 6.45) is 0.142. The van der Waals surface area contributed by atoms with E-state index in [1.165, 1.54) is 13.2 Å². The van der Waals surface area contributed by atoms with Crippen LogP contribution in [0.3, 0.4) is 0 Å². The number of hydrogen-bond acceptors (Lipinski definition) is 7. The number of esters is 1. The SMILES string of the molecule is CCOC(=O)C(N)Cc1ccc(-c2ccc(OC)cc2[N+](=O)[O-])o1. The highest BCUT2D eigenvalue weighted by atomic mass is 16.6. The summed E-state index contributed by atoms with van der Waals surface area (Å²) in [7, 11) is 1.43. The fraction of sp³-hybridized carbons (Fsp3) is 0.312. The molecule has 2 N–H and O–H groups in total. The van der Waals surface area contributed by atoms with Gasteiger partial charge in [-0.15, -0.1) is 0 Å². The van der Waals surface area contributed by atoms with Crippen molar-refractivity contribution < 1.29 is 23.6 Å². The van der Waals surface area contributed by atoms with Crippen molar-refractivity contribution in [1.82, 2.24) is 0 Å². The molecule has 1 aromatic carbocycles. The van der Waals surface area contributed by atoms with Gasteiger partial charge in [0.05, 0.1) is 30.3 Å². The molecule has 0 aliphatic heterocycles. The van der Waals surface area contributed by atoms with E-state index in [2.05, 4.69) is 0 Å². The first-order valence-corrected chi connectivity index (χ1v) is 7.30. The zero-order valence-corrected chi connectivity index (χ0v) is 13.4. The molecular weight excluding hydrogens is 316 g/mol. The first-order valence-electron chi connectivity index (χ1n) is 7.30. The number of methoxy groups -OCH3 is 1. The van der Waals surface area contributed by atoms with E-state index in [-0.39, 0.29) is 18.7 Å². The Morgan fingerprint density at radius 1 is 1.38 bits per heavy atom. The third-order valence-corrected chi connectivity index (χ3v) is 3.34. The van der Waals surface area contributed by atoms with Gasteiger partial charge in [0.1, 0.15) is 23.3 Å². The van der Waals surface area contributed by atoms with Crippen molar-refractivity contribution >= 4 is 11.7 Å². The number of hydrogen-bond donors (Lipinski definition) is 1. The van der Waals surface area contributed by atoms with Gasteiger partial charge in [0.15, 0.2) is 0 Å². The average molecular weight is 334 g/mol. The van der Waals surface area contributed by atoms with Crippen molar-refractivity contribution in [2.24, 2.45) is 5.73 Å². The third-order valence-electron chi connectivity index (χ3n) is 3.34. The maximum Gasteiger partial charge on any atom is 0.323 e. The van der Waals surface area contributed by atoms with Crippen LogP contribution in [0.1, 0.15) is 12.7 Å². The summed E-state index contributed by atoms with van der Waals surface area (Å²) in [6, 6.07) is 6.85. The van der Waals surface area contributed by atoms with Crippen LogP contribution in [0.15, 0.2) is 34.7 Å². The van der Waals surface area contributed by atoms with Crippen molar-refractivity contribution in [1.29, 1.82) is 0 Å². The van der Waals surface area contributed by atoms with Crippen LogP contribution in [-0.2, 0) is 16.0 Å². The molecule has 0 saturated heterocycles. The largest absolute Gasteiger partial charge is 0.497 e. The van der Waals surface area contributed by atoms with Gasteiger partial charge in [-0.3, -0.25) is 14.9 Å². The molecule has 24 heavy (non-hydrogen) atoms. The highest BCUT2D eigenvalue weighted by Crippen LogP contribution is 2.34. The van der Waals surface area contributed by atoms with Crippen LogP contribution in [0.25, 0.3) is 11.3 Å². The molecule has 0 amide bonds. The van der Waals surface area contributed by atoms with Crippen LogP contribution in [-0.4, -0.2) is 30.7 Å². The molecule has 1 aromatic heterocycles. The molecule has 128 valence electrons. The van der Waals surface area contributed by atoms with Gasteiger partial charge in [0, 0.05) is 6.42 Å². The van der Waals surface area contributed by atoms with Crippen LogP contribution in [0, 0.1) is 10.1 Å². The van der Waals surface area contributed by atoms with E-state index >= 15 is 0 Å². The second-order valence-corrected chi connectivity index (χ2v) is 4.97. The molecule has 0 saturated carbocycles. The molecule has 1 atom stereocenters. The van der Waals surface area contributed by atoms with Gasteiger partial charge in [-0.1, -0.05) is 0 Å². The third kappa shape index (κ3) is 3.90. The summed E-state index contributed by atoms with van der Waals surface area (Å²) in [5.74, 6) is 0.610. The lowest BCUT2D eigenvalue weighted by Gasteiger charge is -2.08. The summed E-state index contributed by atoms with van der Waals surface area (Å²) in [4.78, 5) is 22.3. The lowest BCUT2D eigenvalue weighted by Crippen LogP contribution is -2.34. The lowest BCUT2D eigenvalue weighted by molar-refractivity contribution is -0.384. The van der Waals surface area contributed by atoms with Crippen LogP contribution < -0.4 is 10.5 Å². The number of ether oxygens (including phenoxy) is 2. The highest BCUT2D eigenvalue weighted by molar-refractivity contribution is 5.76. The lowest BCUT2D eigenvalue weighted by atomic mass is 10.1. The second-order valence-electron chi connectivity index (χ2n) is 4.97. The predicted molar refractivity (Wildman–Crippen MR) is 85.7 cm³/mol. The van der Waals surface area contributed by atoms with Gasteiger partial charge in [-0.2, -0.15) is 0 Å². The fourth-order valence-electron chi connectivity index (χ4n) is 2.18. The number of rotatable bonds is 7. The summed E-state index contributed by atoms with van der Waals surface area (Å²) in [5, 5.41) is 11.2. The van der Waals surface area contributed by atoms with Gasteiger partial charge < -0.3 is 19.6 Å². The summed E-state index contributed by atoms with van der Waals surface area (Å²) in [6.45, 7) is 1.94. The summed E-state index contributed by atoms with van der Waals surface area (Å²) in [5.41, 5.74) is 5.92. The van der Waals surface area contributed by atoms with Crippen molar-refractivity contribution in [2.45, 2.75) is 19.4 Å². The first kappa shape index (κ1) is 17.5. The van der Waals surface area contributed by atoms with E-state index in [0.717, 1.165) is 0 Å². The Hall–Kier alpha value is -2.87. The van der Waals surface area contributed by atoms with Crippen LogP contribution in [0.2, 0.25) is 0 Å². The summed E-state index contributed by atoms with van der Waals surface area (Å²) < 4.78 is 15.4. The Morgan fingerprint density at radius 3 is 2.75 bits per heavy atom. The maximum absolute atomic E-state index is 11.5. The smallest absolute Gasteiger partial charge is 0.323 e. The van der Waals surface area contributed by atoms with Crippen molar-refractivity contribution in [2.75, 3.05) is 13.7 Å². The Labute approximate surface area is 138 Å². The normalized spacial score (nSPS) is 11.8. The van der Waals surface area contributed by atoms with E-state index < -0.39 is 16.9 Å². The number of carbonyl (C=O) groups excluding carboxylic acids is 1. The van der Waals surface area contributed by atoms with E-state index in [4.69, 9.17) is 19.6 Å². The number of nitrogens with zero attached hydrogens (tertiary/aromatic N) is 1. The molecule has 0 aliphatic carbocycles. The highest BCUT2D eigenvalue weighted by Gasteiger charge is 2.21. The Bertz CT molecular complexity index is 740. The second kappa shape index (κ2) is 7.60. The molecule has 1 unspecified atom stereocenters. The standard InChI is InChI=1S/C16H18N2O6/c1-3-23-16(19)13(17)8-11-5-7-15(24-11)12-6-4-10(22-2)9-14(12)18(20)21/h4-7,9,13H,3,8,17H2,1-2H3. The number of benzene rings is 1. The van der Waals surface area contributed by atoms with Gasteiger partial charge in [0.25, 0.3) is 5.69 Å². The molecule has 2 rings (SSSR count). The first-order chi connectivity index (χ1) is 11.5. The monoisotopic (exact) mass is 334 g/mol. The van der Waals surface area contributed by atoms with Crippen LogP contribution in [0.5, 0.6) is 5.75 Å². The van der Waals surface area contributed by atoms with E-state index in [1.807, 2.05) is 0 Å². The maximum atomic E-state index is 11.5. The minimum atomic E-state index is -0.852. The molecule has 0 radical (unpaired) electrons. The van der Waals surface area contributed by atoms with Gasteiger partial charge >= 0.3 is 5.97 Å². The molecular formula is C16H18N2O6. The Balaban J connectivity index is 2.24. The minimum Gasteiger partial charge on any atom is -0.497 e. The predicted octanol–water partition coefficient (Wildman–Crippen LogP) is 2.30. The van der Waals surface area contributed by atoms with Crippen molar-refractivity contribution in [3.8, 4) is 17.1 Å². The van der Waals surface area contributed by atoms with Crippen molar-refractivity contribution in [3.63, 3.8) is 0 Å². The van der Waals surface area contributed by atoms with Crippen molar-refractivity contribution in [3.05, 3.63) is 46.2 Å². The molecule has 8 heteroatoms. The Morgan fingerprint density at radius 2 is 2.12 bits per heavy atom. The molecule has 0 aliphatic rings. The van der Waals surface area contributed by atoms with Crippen LogP contribution >= 0.6 is 0 Å². The quantitative estimate of drug-likeness (QED) is 0.469. The van der Waals surface area contributed by atoms with E-state index in [1.54, 1.807) is 31.2 Å². The minimum absolute atomic E-state index is 0.134.